The predicted octanol–water partition coefficient (Wildman–Crippen LogP) is 3.47. The van der Waals surface area contributed by atoms with Crippen LogP contribution in [0.25, 0.3) is 0 Å². The van der Waals surface area contributed by atoms with Crippen molar-refractivity contribution in [2.24, 2.45) is 5.92 Å². The van der Waals surface area contributed by atoms with E-state index >= 15 is 0 Å². The van der Waals surface area contributed by atoms with Crippen molar-refractivity contribution < 1.29 is 9.53 Å². The van der Waals surface area contributed by atoms with E-state index in [1.165, 1.54) is 25.7 Å². The Morgan fingerprint density at radius 1 is 1.48 bits per heavy atom. The van der Waals surface area contributed by atoms with Crippen molar-refractivity contribution in [1.29, 1.82) is 0 Å². The number of ether oxygens (including phenoxy) is 1. The van der Waals surface area contributed by atoms with Gasteiger partial charge in [0, 0.05) is 36.4 Å². The van der Waals surface area contributed by atoms with Crippen LogP contribution >= 0.6 is 15.9 Å². The van der Waals surface area contributed by atoms with E-state index in [-0.39, 0.29) is 5.91 Å². The molecule has 2 fully saturated rings. The maximum Gasteiger partial charge on any atom is 0.270 e. The molecule has 2 aliphatic rings. The molecule has 0 aliphatic heterocycles. The number of halogens is 1. The third-order valence-electron chi connectivity index (χ3n) is 4.57. The zero-order chi connectivity index (χ0) is 15.0. The van der Waals surface area contributed by atoms with Crippen LogP contribution < -0.4 is 0 Å². The average molecular weight is 355 g/mol. The molecule has 21 heavy (non-hydrogen) atoms. The van der Waals surface area contributed by atoms with E-state index in [4.69, 9.17) is 4.74 Å². The second-order valence-corrected chi connectivity index (χ2v) is 7.17. The lowest BCUT2D eigenvalue weighted by molar-refractivity contribution is 0.0584. The van der Waals surface area contributed by atoms with E-state index in [1.807, 2.05) is 17.2 Å². The quantitative estimate of drug-likeness (QED) is 0.751. The average Bonchev–Trinajstić information content (AvgIpc) is 3.36. The number of nitrogens with zero attached hydrogens (tertiary/aromatic N) is 2. The highest BCUT2D eigenvalue weighted by molar-refractivity contribution is 9.10. The van der Waals surface area contributed by atoms with Crippen LogP contribution in [0.4, 0.5) is 0 Å². The summed E-state index contributed by atoms with van der Waals surface area (Å²) < 4.78 is 8.33. The van der Waals surface area contributed by atoms with E-state index in [1.54, 1.807) is 7.11 Å². The summed E-state index contributed by atoms with van der Waals surface area (Å²) in [5.74, 6) is 0.808. The van der Waals surface area contributed by atoms with Crippen LogP contribution in [0.2, 0.25) is 0 Å². The topological polar surface area (TPSA) is 34.5 Å². The van der Waals surface area contributed by atoms with E-state index in [0.29, 0.717) is 31.2 Å². The Morgan fingerprint density at radius 2 is 2.19 bits per heavy atom. The number of carbonyl (C=O) groups is 1. The number of methoxy groups -OCH3 is 1. The summed E-state index contributed by atoms with van der Waals surface area (Å²) in [5.41, 5.74) is 0.813. The van der Waals surface area contributed by atoms with Crippen molar-refractivity contribution in [1.82, 2.24) is 9.47 Å². The maximum atomic E-state index is 13.0. The lowest BCUT2D eigenvalue weighted by atomic mass is 10.1. The van der Waals surface area contributed by atoms with Crippen LogP contribution in [0.5, 0.6) is 0 Å². The first kappa shape index (κ1) is 15.1. The second kappa shape index (κ2) is 6.13. The minimum atomic E-state index is 0.143. The fourth-order valence-corrected chi connectivity index (χ4v) is 3.37. The molecule has 1 heterocycles. The standard InChI is InChI=1S/C16H23BrN2O2/c1-11(12-3-4-12)18(7-8-21-2)16(20)15-9-13(17)10-19(15)14-5-6-14/h9-12,14H,3-8H2,1-2H3. The van der Waals surface area contributed by atoms with Gasteiger partial charge in [0.15, 0.2) is 0 Å². The molecule has 0 spiro atoms. The van der Waals surface area contributed by atoms with Gasteiger partial charge in [-0.25, -0.2) is 0 Å². The molecular formula is C16H23BrN2O2. The fourth-order valence-electron chi connectivity index (χ4n) is 2.93. The van der Waals surface area contributed by atoms with Gasteiger partial charge in [0.05, 0.1) is 6.61 Å². The number of hydrogen-bond donors (Lipinski definition) is 0. The van der Waals surface area contributed by atoms with Crippen molar-refractivity contribution >= 4 is 21.8 Å². The lowest BCUT2D eigenvalue weighted by Crippen LogP contribution is -2.42. The smallest absolute Gasteiger partial charge is 0.270 e. The molecule has 3 rings (SSSR count). The molecule has 5 heteroatoms. The molecule has 2 saturated carbocycles. The third-order valence-corrected chi connectivity index (χ3v) is 5.00. The Balaban J connectivity index is 1.82. The molecule has 0 radical (unpaired) electrons. The predicted molar refractivity (Wildman–Crippen MR) is 85.5 cm³/mol. The molecular weight excluding hydrogens is 332 g/mol. The molecule has 1 aromatic rings. The number of hydrogen-bond acceptors (Lipinski definition) is 2. The normalized spacial score (nSPS) is 19.6. The summed E-state index contributed by atoms with van der Waals surface area (Å²) in [6.45, 7) is 3.43. The zero-order valence-corrected chi connectivity index (χ0v) is 14.3. The number of aromatic nitrogens is 1. The third kappa shape index (κ3) is 3.34. The van der Waals surface area contributed by atoms with Crippen molar-refractivity contribution in [3.8, 4) is 0 Å². The first-order chi connectivity index (χ1) is 10.1. The highest BCUT2D eigenvalue weighted by Gasteiger charge is 2.36. The highest BCUT2D eigenvalue weighted by atomic mass is 79.9. The van der Waals surface area contributed by atoms with Gasteiger partial charge in [0.2, 0.25) is 0 Å². The Hall–Kier alpha value is -0.810. The van der Waals surface area contributed by atoms with Crippen LogP contribution in [0.15, 0.2) is 16.7 Å². The summed E-state index contributed by atoms with van der Waals surface area (Å²) in [6, 6.07) is 2.77. The molecule has 1 unspecified atom stereocenters. The van der Waals surface area contributed by atoms with Crippen LogP contribution in [-0.4, -0.2) is 41.7 Å². The van der Waals surface area contributed by atoms with Gasteiger partial charge < -0.3 is 14.2 Å². The van der Waals surface area contributed by atoms with Gasteiger partial charge in [0.1, 0.15) is 5.69 Å². The number of rotatable bonds is 7. The first-order valence-corrected chi connectivity index (χ1v) is 8.58. The van der Waals surface area contributed by atoms with Gasteiger partial charge in [-0.15, -0.1) is 0 Å². The van der Waals surface area contributed by atoms with E-state index in [0.717, 1.165) is 10.2 Å². The Labute approximate surface area is 134 Å². The minimum absolute atomic E-state index is 0.143. The molecule has 0 bridgehead atoms. The lowest BCUT2D eigenvalue weighted by Gasteiger charge is -2.29. The SMILES string of the molecule is COCCN(C(=O)c1cc(Br)cn1C1CC1)C(C)C1CC1. The minimum Gasteiger partial charge on any atom is -0.383 e. The molecule has 1 amide bonds. The van der Waals surface area contributed by atoms with Crippen molar-refractivity contribution in [3.05, 3.63) is 22.4 Å². The van der Waals surface area contributed by atoms with Gasteiger partial charge in [0.25, 0.3) is 5.91 Å². The van der Waals surface area contributed by atoms with Crippen molar-refractivity contribution in [3.63, 3.8) is 0 Å². The van der Waals surface area contributed by atoms with Crippen molar-refractivity contribution in [2.75, 3.05) is 20.3 Å². The molecule has 4 nitrogen and oxygen atoms in total. The molecule has 2 aliphatic carbocycles. The highest BCUT2D eigenvalue weighted by Crippen LogP contribution is 2.39. The molecule has 0 aromatic carbocycles. The summed E-state index contributed by atoms with van der Waals surface area (Å²) in [5, 5.41) is 0. The van der Waals surface area contributed by atoms with Crippen LogP contribution in [-0.2, 0) is 4.74 Å². The van der Waals surface area contributed by atoms with Gasteiger partial charge in [-0.1, -0.05) is 0 Å². The van der Waals surface area contributed by atoms with Crippen LogP contribution in [0.1, 0.15) is 49.1 Å². The first-order valence-electron chi connectivity index (χ1n) is 7.79. The van der Waals surface area contributed by atoms with Gasteiger partial charge in [-0.05, 0) is 60.5 Å². The fraction of sp³-hybridized carbons (Fsp3) is 0.688. The number of amides is 1. The zero-order valence-electron chi connectivity index (χ0n) is 12.7. The molecule has 1 aromatic heterocycles. The Kier molecular flexibility index (Phi) is 4.41. The van der Waals surface area contributed by atoms with Crippen LogP contribution in [0.3, 0.4) is 0 Å². The summed E-state index contributed by atoms with van der Waals surface area (Å²) in [4.78, 5) is 15.0. The monoisotopic (exact) mass is 354 g/mol. The number of carbonyl (C=O) groups excluding carboxylic acids is 1. The van der Waals surface area contributed by atoms with Gasteiger partial charge in [-0.2, -0.15) is 0 Å². The Morgan fingerprint density at radius 3 is 2.76 bits per heavy atom. The van der Waals surface area contributed by atoms with E-state index < -0.39 is 0 Å². The van der Waals surface area contributed by atoms with Crippen molar-refractivity contribution in [2.45, 2.75) is 44.7 Å². The molecule has 1 atom stereocenters. The second-order valence-electron chi connectivity index (χ2n) is 6.25. The molecule has 116 valence electrons. The summed E-state index contributed by atoms with van der Waals surface area (Å²) in [6.07, 6.45) is 6.88. The van der Waals surface area contributed by atoms with Gasteiger partial charge in [-0.3, -0.25) is 4.79 Å². The van der Waals surface area contributed by atoms with Crippen LogP contribution in [0, 0.1) is 5.92 Å². The molecule has 0 N–H and O–H groups in total. The summed E-state index contributed by atoms with van der Waals surface area (Å²) >= 11 is 3.51. The largest absolute Gasteiger partial charge is 0.383 e. The van der Waals surface area contributed by atoms with Gasteiger partial charge >= 0.3 is 0 Å². The maximum absolute atomic E-state index is 13.0. The van der Waals surface area contributed by atoms with E-state index in [2.05, 4.69) is 27.4 Å². The summed E-state index contributed by atoms with van der Waals surface area (Å²) in [7, 11) is 1.69. The van der Waals surface area contributed by atoms with E-state index in [9.17, 15) is 4.79 Å². The molecule has 0 saturated heterocycles. The Bertz CT molecular complexity index is 520.